The second-order valence-electron chi connectivity index (χ2n) is 9.34. The van der Waals surface area contributed by atoms with Gasteiger partial charge in [0.05, 0.1) is 11.9 Å². The molecule has 0 aliphatic carbocycles. The summed E-state index contributed by atoms with van der Waals surface area (Å²) in [4.78, 5) is 27.8. The van der Waals surface area contributed by atoms with Gasteiger partial charge in [0.1, 0.15) is 6.04 Å². The number of hydrogen-bond donors (Lipinski definition) is 1. The highest BCUT2D eigenvalue weighted by atomic mass is 35.5. The molecule has 0 saturated heterocycles. The summed E-state index contributed by atoms with van der Waals surface area (Å²) in [5.74, 6) is -0.478. The first-order valence-electron chi connectivity index (χ1n) is 12.2. The first kappa shape index (κ1) is 29.6. The molecule has 0 unspecified atom stereocenters. The molecule has 0 aromatic heterocycles. The molecule has 0 radical (unpaired) electrons. The molecule has 2 atom stereocenters. The second-order valence-corrected chi connectivity index (χ2v) is 11.6. The van der Waals surface area contributed by atoms with Crippen LogP contribution < -0.4 is 9.62 Å². The van der Waals surface area contributed by atoms with E-state index in [1.165, 1.54) is 15.5 Å². The molecule has 2 rings (SSSR count). The van der Waals surface area contributed by atoms with Crippen LogP contribution in [0.4, 0.5) is 5.69 Å². The van der Waals surface area contributed by atoms with Gasteiger partial charge < -0.3 is 10.2 Å². The van der Waals surface area contributed by atoms with Crippen molar-refractivity contribution in [2.45, 2.75) is 72.5 Å². The summed E-state index contributed by atoms with van der Waals surface area (Å²) in [6.07, 6.45) is 2.33. The largest absolute Gasteiger partial charge is 0.352 e. The molecule has 2 aromatic rings. The predicted molar refractivity (Wildman–Crippen MR) is 147 cm³/mol. The van der Waals surface area contributed by atoms with E-state index in [1.807, 2.05) is 64.1 Å². The number of aryl methyl sites for hydroxylation is 2. The highest BCUT2D eigenvalue weighted by Crippen LogP contribution is 2.25. The van der Waals surface area contributed by atoms with Gasteiger partial charge in [0, 0.05) is 30.6 Å². The normalized spacial score (nSPS) is 13.1. The Morgan fingerprint density at radius 2 is 1.75 bits per heavy atom. The smallest absolute Gasteiger partial charge is 0.242 e. The summed E-state index contributed by atoms with van der Waals surface area (Å²) in [5, 5.41) is 3.46. The first-order valence-corrected chi connectivity index (χ1v) is 14.5. The van der Waals surface area contributed by atoms with Gasteiger partial charge in [0.2, 0.25) is 21.8 Å². The van der Waals surface area contributed by atoms with E-state index < -0.39 is 16.1 Å². The molecule has 2 aromatic carbocycles. The van der Waals surface area contributed by atoms with Crippen molar-refractivity contribution in [3.63, 3.8) is 0 Å². The summed E-state index contributed by atoms with van der Waals surface area (Å²) in [6.45, 7) is 9.70. The van der Waals surface area contributed by atoms with Gasteiger partial charge in [0.25, 0.3) is 0 Å². The molecular weight excluding hydrogens is 498 g/mol. The van der Waals surface area contributed by atoms with Crippen LogP contribution >= 0.6 is 11.6 Å². The molecule has 2 amide bonds. The van der Waals surface area contributed by atoms with Crippen molar-refractivity contribution in [2.75, 3.05) is 17.1 Å². The Morgan fingerprint density at radius 1 is 1.08 bits per heavy atom. The molecule has 7 nitrogen and oxygen atoms in total. The minimum Gasteiger partial charge on any atom is -0.352 e. The van der Waals surface area contributed by atoms with Crippen LogP contribution in [0.15, 0.2) is 42.5 Å². The number of amides is 2. The summed E-state index contributed by atoms with van der Waals surface area (Å²) in [6, 6.07) is 12.1. The van der Waals surface area contributed by atoms with E-state index in [2.05, 4.69) is 5.32 Å². The van der Waals surface area contributed by atoms with Crippen molar-refractivity contribution in [1.29, 1.82) is 0 Å². The van der Waals surface area contributed by atoms with E-state index in [-0.39, 0.29) is 37.4 Å². The molecule has 198 valence electrons. The molecule has 0 heterocycles. The number of anilines is 1. The van der Waals surface area contributed by atoms with Gasteiger partial charge >= 0.3 is 0 Å². The zero-order chi connectivity index (χ0) is 27.0. The van der Waals surface area contributed by atoms with Crippen LogP contribution in [0.2, 0.25) is 5.02 Å². The van der Waals surface area contributed by atoms with Gasteiger partial charge in [-0.1, -0.05) is 48.9 Å². The number of carbonyl (C=O) groups is 2. The highest BCUT2D eigenvalue weighted by molar-refractivity contribution is 7.92. The molecule has 0 bridgehead atoms. The fourth-order valence-corrected chi connectivity index (χ4v) is 5.04. The minimum absolute atomic E-state index is 0.0156. The first-order chi connectivity index (χ1) is 16.8. The molecule has 0 aliphatic heterocycles. The molecule has 1 N–H and O–H groups in total. The average Bonchev–Trinajstić information content (AvgIpc) is 2.81. The second kappa shape index (κ2) is 13.1. The number of benzene rings is 2. The van der Waals surface area contributed by atoms with E-state index in [0.717, 1.165) is 23.1 Å². The number of carbonyl (C=O) groups excluding carboxylic acids is 2. The number of hydrogen-bond acceptors (Lipinski definition) is 4. The molecular formula is C27H38ClN3O4S. The number of nitrogens with zero attached hydrogens (tertiary/aromatic N) is 2. The number of sulfonamides is 1. The Hall–Kier alpha value is -2.58. The SMILES string of the molecule is CC[C@@H](C)NC(=O)[C@@H](C)N(Cc1ccccc1Cl)C(=O)CCCN(c1cc(C)ccc1C)S(C)(=O)=O. The third-order valence-electron chi connectivity index (χ3n) is 6.25. The van der Waals surface area contributed by atoms with Crippen LogP contribution in [0.5, 0.6) is 0 Å². The van der Waals surface area contributed by atoms with Crippen LogP contribution in [-0.2, 0) is 26.2 Å². The fraction of sp³-hybridized carbons (Fsp3) is 0.481. The van der Waals surface area contributed by atoms with Crippen LogP contribution in [0.1, 0.15) is 56.7 Å². The lowest BCUT2D eigenvalue weighted by atomic mass is 10.1. The van der Waals surface area contributed by atoms with Crippen molar-refractivity contribution in [2.24, 2.45) is 0 Å². The average molecular weight is 536 g/mol. The maximum Gasteiger partial charge on any atom is 0.242 e. The molecule has 0 aliphatic rings. The van der Waals surface area contributed by atoms with Crippen molar-refractivity contribution in [3.05, 3.63) is 64.2 Å². The standard InChI is InChI=1S/C27H38ClN3O4S/c1-7-21(4)29-27(33)22(5)30(18-23-11-8-9-12-24(23)28)26(32)13-10-16-31(36(6,34)35)25-17-19(2)14-15-20(25)3/h8-9,11-12,14-15,17,21-22H,7,10,13,16,18H2,1-6H3,(H,29,33)/t21-,22-/m1/s1. The zero-order valence-corrected chi connectivity index (χ0v) is 23.6. The van der Waals surface area contributed by atoms with E-state index in [4.69, 9.17) is 11.6 Å². The maximum absolute atomic E-state index is 13.4. The summed E-state index contributed by atoms with van der Waals surface area (Å²) in [7, 11) is -3.55. The van der Waals surface area contributed by atoms with Crippen LogP contribution in [0.25, 0.3) is 0 Å². The van der Waals surface area contributed by atoms with E-state index in [0.29, 0.717) is 17.1 Å². The van der Waals surface area contributed by atoms with Crippen LogP contribution in [0, 0.1) is 13.8 Å². The van der Waals surface area contributed by atoms with E-state index in [9.17, 15) is 18.0 Å². The van der Waals surface area contributed by atoms with Crippen molar-refractivity contribution < 1.29 is 18.0 Å². The highest BCUT2D eigenvalue weighted by Gasteiger charge is 2.28. The molecule has 0 spiro atoms. The number of rotatable bonds is 12. The maximum atomic E-state index is 13.4. The zero-order valence-electron chi connectivity index (χ0n) is 22.0. The lowest BCUT2D eigenvalue weighted by molar-refractivity contribution is -0.140. The molecule has 0 fully saturated rings. The fourth-order valence-electron chi connectivity index (χ4n) is 3.83. The minimum atomic E-state index is -3.55. The molecule has 36 heavy (non-hydrogen) atoms. The lowest BCUT2D eigenvalue weighted by Crippen LogP contribution is -2.49. The molecule has 9 heteroatoms. The topological polar surface area (TPSA) is 86.8 Å². The quantitative estimate of drug-likeness (QED) is 0.421. The Morgan fingerprint density at radius 3 is 2.36 bits per heavy atom. The Balaban J connectivity index is 2.22. The lowest BCUT2D eigenvalue weighted by Gasteiger charge is -2.30. The van der Waals surface area contributed by atoms with Gasteiger partial charge in [-0.05, 0) is 69.4 Å². The van der Waals surface area contributed by atoms with Gasteiger partial charge in [-0.15, -0.1) is 0 Å². The monoisotopic (exact) mass is 535 g/mol. The van der Waals surface area contributed by atoms with Crippen LogP contribution in [-0.4, -0.2) is 50.0 Å². The van der Waals surface area contributed by atoms with Gasteiger partial charge in [0.15, 0.2) is 0 Å². The van der Waals surface area contributed by atoms with Gasteiger partial charge in [-0.2, -0.15) is 0 Å². The Labute approximate surface area is 220 Å². The third-order valence-corrected chi connectivity index (χ3v) is 7.80. The molecule has 0 saturated carbocycles. The third kappa shape index (κ3) is 8.23. The summed E-state index contributed by atoms with van der Waals surface area (Å²) < 4.78 is 26.5. The van der Waals surface area contributed by atoms with Crippen molar-refractivity contribution in [3.8, 4) is 0 Å². The van der Waals surface area contributed by atoms with Crippen LogP contribution in [0.3, 0.4) is 0 Å². The van der Waals surface area contributed by atoms with Gasteiger partial charge in [-0.3, -0.25) is 13.9 Å². The summed E-state index contributed by atoms with van der Waals surface area (Å²) >= 11 is 6.34. The predicted octanol–water partition coefficient (Wildman–Crippen LogP) is 4.84. The van der Waals surface area contributed by atoms with Crippen molar-refractivity contribution in [1.82, 2.24) is 10.2 Å². The van der Waals surface area contributed by atoms with Crippen molar-refractivity contribution >= 4 is 39.1 Å². The van der Waals surface area contributed by atoms with Gasteiger partial charge in [-0.25, -0.2) is 8.42 Å². The van der Waals surface area contributed by atoms with E-state index >= 15 is 0 Å². The van der Waals surface area contributed by atoms with E-state index in [1.54, 1.807) is 13.0 Å². The summed E-state index contributed by atoms with van der Waals surface area (Å²) in [5.41, 5.74) is 3.14. The Bertz CT molecular complexity index is 1170. The number of nitrogens with one attached hydrogen (secondary N) is 1. The Kier molecular flexibility index (Phi) is 10.8. The number of halogens is 1.